The third-order valence-corrected chi connectivity index (χ3v) is 4.87. The summed E-state index contributed by atoms with van der Waals surface area (Å²) in [6.07, 6.45) is 3.42. The summed E-state index contributed by atoms with van der Waals surface area (Å²) in [4.78, 5) is 17.6. The summed E-state index contributed by atoms with van der Waals surface area (Å²) >= 11 is 0. The molecule has 0 saturated heterocycles. The molecule has 4 aromatic rings. The van der Waals surface area contributed by atoms with Crippen LogP contribution in [-0.2, 0) is 13.6 Å². The Labute approximate surface area is 168 Å². The predicted molar refractivity (Wildman–Crippen MR) is 110 cm³/mol. The van der Waals surface area contributed by atoms with Crippen molar-refractivity contribution in [3.63, 3.8) is 0 Å². The van der Waals surface area contributed by atoms with Crippen LogP contribution in [0.25, 0.3) is 22.3 Å². The van der Waals surface area contributed by atoms with E-state index in [0.717, 1.165) is 22.4 Å². The van der Waals surface area contributed by atoms with Gasteiger partial charge in [0.1, 0.15) is 5.75 Å². The number of ether oxygens (including phenoxy) is 1. The molecule has 148 valence electrons. The molecule has 8 heteroatoms. The van der Waals surface area contributed by atoms with Crippen LogP contribution in [0, 0.1) is 6.92 Å². The fourth-order valence-electron chi connectivity index (χ4n) is 3.22. The molecule has 3 heterocycles. The smallest absolute Gasteiger partial charge is 0.252 e. The largest absolute Gasteiger partial charge is 0.497 e. The van der Waals surface area contributed by atoms with Gasteiger partial charge in [-0.3, -0.25) is 14.2 Å². The summed E-state index contributed by atoms with van der Waals surface area (Å²) in [5.74, 6) is 0.604. The first-order valence-corrected chi connectivity index (χ1v) is 9.30. The zero-order valence-electron chi connectivity index (χ0n) is 16.6. The molecule has 1 aromatic carbocycles. The zero-order chi connectivity index (χ0) is 20.4. The van der Waals surface area contributed by atoms with Gasteiger partial charge < -0.3 is 10.1 Å². The van der Waals surface area contributed by atoms with Gasteiger partial charge in [0.15, 0.2) is 5.65 Å². The topological polar surface area (TPSA) is 86.9 Å². The molecule has 0 spiro atoms. The van der Waals surface area contributed by atoms with Gasteiger partial charge in [-0.05, 0) is 43.3 Å². The average Bonchev–Trinajstić information content (AvgIpc) is 3.33. The maximum atomic E-state index is 12.9. The van der Waals surface area contributed by atoms with Crippen molar-refractivity contribution in [2.45, 2.75) is 13.5 Å². The van der Waals surface area contributed by atoms with E-state index in [1.165, 1.54) is 0 Å². The van der Waals surface area contributed by atoms with Crippen molar-refractivity contribution in [1.82, 2.24) is 29.9 Å². The van der Waals surface area contributed by atoms with E-state index in [2.05, 4.69) is 15.5 Å². The number of aromatic nitrogens is 5. The van der Waals surface area contributed by atoms with E-state index in [4.69, 9.17) is 9.72 Å². The molecule has 1 N–H and O–H groups in total. The number of aryl methyl sites for hydroxylation is 2. The molecular weight excluding hydrogens is 368 g/mol. The van der Waals surface area contributed by atoms with Crippen molar-refractivity contribution in [3.8, 4) is 17.0 Å². The minimum atomic E-state index is -0.162. The van der Waals surface area contributed by atoms with E-state index in [0.29, 0.717) is 30.0 Å². The number of benzene rings is 1. The lowest BCUT2D eigenvalue weighted by atomic mass is 10.1. The lowest BCUT2D eigenvalue weighted by Crippen LogP contribution is -2.28. The molecule has 0 unspecified atom stereocenters. The number of carbonyl (C=O) groups excluding carboxylic acids is 1. The van der Waals surface area contributed by atoms with Crippen LogP contribution in [-0.4, -0.2) is 44.1 Å². The standard InChI is InChI=1S/C21H22N6O2/c1-14-8-9-23-27(14)11-10-22-21(28)17-12-19(15-4-6-16(29-3)7-5-15)25-20-18(17)13-24-26(20)2/h4-9,12-13H,10-11H2,1-3H3,(H,22,28). The van der Waals surface area contributed by atoms with Gasteiger partial charge in [-0.2, -0.15) is 10.2 Å². The number of amides is 1. The van der Waals surface area contributed by atoms with Crippen LogP contribution in [0.15, 0.2) is 48.8 Å². The van der Waals surface area contributed by atoms with Gasteiger partial charge in [0, 0.05) is 31.0 Å². The predicted octanol–water partition coefficient (Wildman–Crippen LogP) is 2.58. The highest BCUT2D eigenvalue weighted by molar-refractivity contribution is 6.06. The SMILES string of the molecule is COc1ccc(-c2cc(C(=O)NCCn3nccc3C)c3cnn(C)c3n2)cc1. The van der Waals surface area contributed by atoms with Crippen molar-refractivity contribution >= 4 is 16.9 Å². The normalized spacial score (nSPS) is 11.0. The van der Waals surface area contributed by atoms with Gasteiger partial charge >= 0.3 is 0 Å². The number of carbonyl (C=O) groups is 1. The Kier molecular flexibility index (Phi) is 4.99. The zero-order valence-corrected chi connectivity index (χ0v) is 16.6. The highest BCUT2D eigenvalue weighted by Crippen LogP contribution is 2.26. The molecule has 0 bridgehead atoms. The molecule has 0 saturated carbocycles. The minimum Gasteiger partial charge on any atom is -0.497 e. The number of fused-ring (bicyclic) bond motifs is 1. The lowest BCUT2D eigenvalue weighted by Gasteiger charge is -2.10. The summed E-state index contributed by atoms with van der Waals surface area (Å²) in [6, 6.07) is 11.3. The second-order valence-electron chi connectivity index (χ2n) is 6.74. The summed E-state index contributed by atoms with van der Waals surface area (Å²) in [6.45, 7) is 3.07. The number of nitrogens with one attached hydrogen (secondary N) is 1. The number of pyridine rings is 1. The molecule has 29 heavy (non-hydrogen) atoms. The van der Waals surface area contributed by atoms with Crippen molar-refractivity contribution in [1.29, 1.82) is 0 Å². The third kappa shape index (κ3) is 3.69. The van der Waals surface area contributed by atoms with Crippen LogP contribution < -0.4 is 10.1 Å². The second kappa shape index (κ2) is 7.75. The highest BCUT2D eigenvalue weighted by atomic mass is 16.5. The van der Waals surface area contributed by atoms with Crippen LogP contribution in [0.3, 0.4) is 0 Å². The van der Waals surface area contributed by atoms with Crippen LogP contribution in [0.4, 0.5) is 0 Å². The molecule has 0 radical (unpaired) electrons. The number of hydrogen-bond donors (Lipinski definition) is 1. The van der Waals surface area contributed by atoms with Crippen LogP contribution in [0.1, 0.15) is 16.1 Å². The second-order valence-corrected chi connectivity index (χ2v) is 6.74. The van der Waals surface area contributed by atoms with E-state index < -0.39 is 0 Å². The summed E-state index contributed by atoms with van der Waals surface area (Å²) in [5, 5.41) is 12.2. The summed E-state index contributed by atoms with van der Waals surface area (Å²) in [5.41, 5.74) is 3.86. The first-order chi connectivity index (χ1) is 14.1. The third-order valence-electron chi connectivity index (χ3n) is 4.87. The first-order valence-electron chi connectivity index (χ1n) is 9.30. The maximum absolute atomic E-state index is 12.9. The molecule has 0 aliphatic rings. The molecule has 8 nitrogen and oxygen atoms in total. The first kappa shape index (κ1) is 18.7. The molecule has 0 fully saturated rings. The van der Waals surface area contributed by atoms with Gasteiger partial charge in [0.05, 0.1) is 36.5 Å². The quantitative estimate of drug-likeness (QED) is 0.547. The van der Waals surface area contributed by atoms with Gasteiger partial charge in [0.25, 0.3) is 5.91 Å². The summed E-state index contributed by atoms with van der Waals surface area (Å²) in [7, 11) is 3.44. The fraction of sp³-hybridized carbons (Fsp3) is 0.238. The number of nitrogens with zero attached hydrogens (tertiary/aromatic N) is 5. The Bertz CT molecular complexity index is 1160. The van der Waals surface area contributed by atoms with Crippen LogP contribution in [0.5, 0.6) is 5.75 Å². The average molecular weight is 390 g/mol. The molecule has 1 amide bonds. The van der Waals surface area contributed by atoms with Crippen molar-refractivity contribution < 1.29 is 9.53 Å². The van der Waals surface area contributed by atoms with Crippen molar-refractivity contribution in [2.24, 2.45) is 7.05 Å². The van der Waals surface area contributed by atoms with Crippen molar-refractivity contribution in [3.05, 3.63) is 60.0 Å². The Morgan fingerprint density at radius 3 is 2.66 bits per heavy atom. The molecule has 4 rings (SSSR count). The Morgan fingerprint density at radius 1 is 1.17 bits per heavy atom. The Balaban J connectivity index is 1.63. The van der Waals surface area contributed by atoms with E-state index in [-0.39, 0.29) is 5.91 Å². The molecule has 0 atom stereocenters. The molecule has 0 aliphatic carbocycles. The fourth-order valence-corrected chi connectivity index (χ4v) is 3.22. The Hall–Kier alpha value is -3.68. The molecule has 0 aliphatic heterocycles. The van der Waals surface area contributed by atoms with Crippen LogP contribution in [0.2, 0.25) is 0 Å². The van der Waals surface area contributed by atoms with Crippen molar-refractivity contribution in [2.75, 3.05) is 13.7 Å². The van der Waals surface area contributed by atoms with Gasteiger partial charge in [-0.1, -0.05) is 0 Å². The lowest BCUT2D eigenvalue weighted by molar-refractivity contribution is 0.0953. The van der Waals surface area contributed by atoms with Gasteiger partial charge in [0.2, 0.25) is 0 Å². The van der Waals surface area contributed by atoms with E-state index >= 15 is 0 Å². The monoisotopic (exact) mass is 390 g/mol. The number of rotatable bonds is 6. The van der Waals surface area contributed by atoms with E-state index in [1.807, 2.05) is 49.0 Å². The van der Waals surface area contributed by atoms with Gasteiger partial charge in [-0.25, -0.2) is 4.98 Å². The Morgan fingerprint density at radius 2 is 1.97 bits per heavy atom. The summed E-state index contributed by atoms with van der Waals surface area (Å²) < 4.78 is 8.75. The van der Waals surface area contributed by atoms with E-state index in [9.17, 15) is 4.79 Å². The van der Waals surface area contributed by atoms with Gasteiger partial charge in [-0.15, -0.1) is 0 Å². The number of methoxy groups -OCH3 is 1. The molecule has 3 aromatic heterocycles. The molecular formula is C21H22N6O2. The highest BCUT2D eigenvalue weighted by Gasteiger charge is 2.16. The van der Waals surface area contributed by atoms with Crippen LogP contribution >= 0.6 is 0 Å². The number of hydrogen-bond acceptors (Lipinski definition) is 5. The maximum Gasteiger partial charge on any atom is 0.252 e. The minimum absolute atomic E-state index is 0.162. The van der Waals surface area contributed by atoms with E-state index in [1.54, 1.807) is 30.3 Å².